The lowest BCUT2D eigenvalue weighted by molar-refractivity contribution is 0.0945. The molecule has 0 saturated heterocycles. The van der Waals surface area contributed by atoms with Gasteiger partial charge in [0.05, 0.1) is 18.4 Å². The molecule has 1 saturated carbocycles. The first-order chi connectivity index (χ1) is 12.1. The molecule has 6 nitrogen and oxygen atoms in total. The first-order valence-corrected chi connectivity index (χ1v) is 8.47. The van der Waals surface area contributed by atoms with E-state index in [0.717, 1.165) is 30.6 Å². The highest BCUT2D eigenvalue weighted by Gasteiger charge is 2.25. The van der Waals surface area contributed by atoms with Crippen molar-refractivity contribution in [2.45, 2.75) is 38.6 Å². The van der Waals surface area contributed by atoms with Gasteiger partial charge in [-0.1, -0.05) is 12.5 Å². The van der Waals surface area contributed by atoms with E-state index in [9.17, 15) is 9.59 Å². The Morgan fingerprint density at radius 1 is 1.40 bits per heavy atom. The number of fused-ring (bicyclic) bond motifs is 1. The van der Waals surface area contributed by atoms with E-state index in [1.165, 1.54) is 0 Å². The van der Waals surface area contributed by atoms with Gasteiger partial charge in [0.2, 0.25) is 0 Å². The van der Waals surface area contributed by atoms with Crippen LogP contribution in [0.5, 0.6) is 0 Å². The molecule has 0 aliphatic heterocycles. The lowest BCUT2D eigenvalue weighted by atomic mass is 9.83. The molecule has 0 spiro atoms. The molecule has 1 N–H and O–H groups in total. The minimum absolute atomic E-state index is 0.0805. The van der Waals surface area contributed by atoms with Crippen LogP contribution in [0.15, 0.2) is 45.9 Å². The summed E-state index contributed by atoms with van der Waals surface area (Å²) in [4.78, 5) is 29.0. The number of pyridine rings is 1. The van der Waals surface area contributed by atoms with E-state index in [4.69, 9.17) is 4.42 Å². The van der Waals surface area contributed by atoms with Gasteiger partial charge in [-0.05, 0) is 43.5 Å². The fourth-order valence-electron chi connectivity index (χ4n) is 3.17. The van der Waals surface area contributed by atoms with Crippen LogP contribution in [0.3, 0.4) is 0 Å². The molecule has 0 atom stereocenters. The predicted octanol–water partition coefficient (Wildman–Crippen LogP) is 2.79. The van der Waals surface area contributed by atoms with E-state index >= 15 is 0 Å². The Balaban J connectivity index is 1.54. The van der Waals surface area contributed by atoms with Gasteiger partial charge in [0.25, 0.3) is 5.91 Å². The summed E-state index contributed by atoms with van der Waals surface area (Å²) in [5.74, 6) is 0.603. The molecule has 0 bridgehead atoms. The van der Waals surface area contributed by atoms with Gasteiger partial charge in [0.1, 0.15) is 17.0 Å². The molecule has 128 valence electrons. The Labute approximate surface area is 144 Å². The molecule has 1 aliphatic rings. The molecule has 1 amide bonds. The van der Waals surface area contributed by atoms with Crippen molar-refractivity contribution >= 4 is 11.6 Å². The summed E-state index contributed by atoms with van der Waals surface area (Å²) in [5, 5.41) is 2.79. The van der Waals surface area contributed by atoms with Gasteiger partial charge in [-0.2, -0.15) is 0 Å². The smallest absolute Gasteiger partial charge is 0.349 e. The maximum atomic E-state index is 12.5. The fourth-order valence-corrected chi connectivity index (χ4v) is 3.17. The third-order valence-electron chi connectivity index (χ3n) is 4.83. The SMILES string of the molecule is Cc1cc(C2CCC2)oc(=O)c1C(=O)NCc1cnc2ccccn12. The van der Waals surface area contributed by atoms with Crippen LogP contribution in [0.1, 0.15) is 52.6 Å². The number of carbonyl (C=O) groups excluding carboxylic acids is 1. The highest BCUT2D eigenvalue weighted by Crippen LogP contribution is 2.36. The zero-order valence-corrected chi connectivity index (χ0v) is 14.0. The number of nitrogens with zero attached hydrogens (tertiary/aromatic N) is 2. The van der Waals surface area contributed by atoms with E-state index in [0.29, 0.717) is 17.2 Å². The quantitative estimate of drug-likeness (QED) is 0.794. The molecule has 0 aromatic carbocycles. The lowest BCUT2D eigenvalue weighted by Gasteiger charge is -2.24. The molecule has 0 radical (unpaired) electrons. The average Bonchev–Trinajstić information content (AvgIpc) is 2.94. The van der Waals surface area contributed by atoms with E-state index < -0.39 is 11.5 Å². The zero-order chi connectivity index (χ0) is 17.4. The summed E-state index contributed by atoms with van der Waals surface area (Å²) in [6, 6.07) is 7.53. The Hall–Kier alpha value is -2.89. The number of rotatable bonds is 4. The Morgan fingerprint density at radius 3 is 2.96 bits per heavy atom. The predicted molar refractivity (Wildman–Crippen MR) is 92.7 cm³/mol. The summed E-state index contributed by atoms with van der Waals surface area (Å²) in [6.07, 6.45) is 6.85. The van der Waals surface area contributed by atoms with Crippen LogP contribution >= 0.6 is 0 Å². The van der Waals surface area contributed by atoms with Gasteiger partial charge < -0.3 is 14.1 Å². The van der Waals surface area contributed by atoms with Crippen molar-refractivity contribution in [1.82, 2.24) is 14.7 Å². The Morgan fingerprint density at radius 2 is 2.24 bits per heavy atom. The second-order valence-corrected chi connectivity index (χ2v) is 6.48. The van der Waals surface area contributed by atoms with E-state index in [-0.39, 0.29) is 12.1 Å². The highest BCUT2D eigenvalue weighted by atomic mass is 16.4. The number of nitrogens with one attached hydrogen (secondary N) is 1. The number of amides is 1. The van der Waals surface area contributed by atoms with Gasteiger partial charge in [0.15, 0.2) is 0 Å². The van der Waals surface area contributed by atoms with E-state index in [1.807, 2.05) is 34.9 Å². The summed E-state index contributed by atoms with van der Waals surface area (Å²) < 4.78 is 7.29. The molecule has 3 aromatic rings. The van der Waals surface area contributed by atoms with Crippen molar-refractivity contribution < 1.29 is 9.21 Å². The van der Waals surface area contributed by atoms with Crippen molar-refractivity contribution in [2.24, 2.45) is 0 Å². The summed E-state index contributed by atoms with van der Waals surface area (Å²) in [7, 11) is 0. The van der Waals surface area contributed by atoms with Crippen LogP contribution in [0.25, 0.3) is 5.65 Å². The van der Waals surface area contributed by atoms with Gasteiger partial charge in [-0.25, -0.2) is 9.78 Å². The van der Waals surface area contributed by atoms with Crippen LogP contribution in [0.4, 0.5) is 0 Å². The Kier molecular flexibility index (Phi) is 3.87. The average molecular weight is 337 g/mol. The number of aryl methyl sites for hydroxylation is 1. The maximum Gasteiger partial charge on any atom is 0.349 e. The molecular weight excluding hydrogens is 318 g/mol. The fraction of sp³-hybridized carbons (Fsp3) is 0.316. The molecule has 6 heteroatoms. The topological polar surface area (TPSA) is 76.6 Å². The first-order valence-electron chi connectivity index (χ1n) is 8.47. The van der Waals surface area contributed by atoms with Crippen molar-refractivity contribution in [3.63, 3.8) is 0 Å². The molecule has 3 heterocycles. The van der Waals surface area contributed by atoms with Crippen molar-refractivity contribution in [2.75, 3.05) is 0 Å². The van der Waals surface area contributed by atoms with Crippen LogP contribution in [0.2, 0.25) is 0 Å². The molecule has 1 fully saturated rings. The third kappa shape index (κ3) is 2.84. The minimum Gasteiger partial charge on any atom is -0.427 e. The number of hydrogen-bond acceptors (Lipinski definition) is 4. The molecule has 1 aliphatic carbocycles. The zero-order valence-electron chi connectivity index (χ0n) is 14.0. The molecule has 0 unspecified atom stereocenters. The third-order valence-corrected chi connectivity index (χ3v) is 4.83. The summed E-state index contributed by atoms with van der Waals surface area (Å²) in [6.45, 7) is 2.06. The number of hydrogen-bond donors (Lipinski definition) is 1. The van der Waals surface area contributed by atoms with E-state index in [1.54, 1.807) is 13.1 Å². The Bertz CT molecular complexity index is 999. The van der Waals surface area contributed by atoms with E-state index in [2.05, 4.69) is 10.3 Å². The van der Waals surface area contributed by atoms with Crippen molar-refractivity contribution in [1.29, 1.82) is 0 Å². The standard InChI is InChI=1S/C19H19N3O3/c1-12-9-15(13-5-4-6-13)25-19(24)17(12)18(23)21-11-14-10-20-16-7-2-3-8-22(14)16/h2-3,7-10,13H,4-6,11H2,1H3,(H,21,23). The van der Waals surface area contributed by atoms with Crippen LogP contribution in [-0.4, -0.2) is 15.3 Å². The van der Waals surface area contributed by atoms with Crippen molar-refractivity contribution in [3.8, 4) is 0 Å². The van der Waals surface area contributed by atoms with Gasteiger partial charge in [-0.15, -0.1) is 0 Å². The van der Waals surface area contributed by atoms with Gasteiger partial charge in [-0.3, -0.25) is 4.79 Å². The number of carbonyl (C=O) groups is 1. The summed E-state index contributed by atoms with van der Waals surface area (Å²) in [5.41, 5.74) is 1.84. The van der Waals surface area contributed by atoms with Crippen LogP contribution in [0, 0.1) is 6.92 Å². The number of imidazole rings is 1. The first kappa shape index (κ1) is 15.6. The van der Waals surface area contributed by atoms with Gasteiger partial charge in [0, 0.05) is 12.1 Å². The monoisotopic (exact) mass is 337 g/mol. The lowest BCUT2D eigenvalue weighted by Crippen LogP contribution is -2.30. The number of aromatic nitrogens is 2. The highest BCUT2D eigenvalue weighted by molar-refractivity contribution is 5.95. The van der Waals surface area contributed by atoms with Crippen molar-refractivity contribution in [3.05, 3.63) is 69.7 Å². The minimum atomic E-state index is -0.558. The normalized spacial score (nSPS) is 14.4. The largest absolute Gasteiger partial charge is 0.427 e. The van der Waals surface area contributed by atoms with Crippen LogP contribution < -0.4 is 10.9 Å². The summed E-state index contributed by atoms with van der Waals surface area (Å²) >= 11 is 0. The molecular formula is C19H19N3O3. The maximum absolute atomic E-state index is 12.5. The van der Waals surface area contributed by atoms with Crippen LogP contribution in [-0.2, 0) is 6.54 Å². The molecule has 25 heavy (non-hydrogen) atoms. The van der Waals surface area contributed by atoms with Gasteiger partial charge >= 0.3 is 5.63 Å². The molecule has 3 aromatic heterocycles. The molecule has 4 rings (SSSR count). The second kappa shape index (κ2) is 6.20. The second-order valence-electron chi connectivity index (χ2n) is 6.48.